The van der Waals surface area contributed by atoms with Gasteiger partial charge < -0.3 is 10.1 Å². The molecule has 1 saturated heterocycles. The van der Waals surface area contributed by atoms with Crippen molar-refractivity contribution < 1.29 is 9.13 Å². The van der Waals surface area contributed by atoms with Crippen molar-refractivity contribution in [3.63, 3.8) is 0 Å². The van der Waals surface area contributed by atoms with Crippen LogP contribution in [0.3, 0.4) is 0 Å². The lowest BCUT2D eigenvalue weighted by Gasteiger charge is -2.39. The van der Waals surface area contributed by atoms with Crippen molar-refractivity contribution in [3.05, 3.63) is 34.6 Å². The molecule has 2 nitrogen and oxygen atoms in total. The van der Waals surface area contributed by atoms with Crippen LogP contribution in [0, 0.1) is 11.2 Å². The van der Waals surface area contributed by atoms with Gasteiger partial charge in [0.1, 0.15) is 5.82 Å². The van der Waals surface area contributed by atoms with Gasteiger partial charge in [-0.15, -0.1) is 0 Å². The standard InChI is InChI=1S/C17H25ClFNO/c1-16(2,3)20-11-17(8-5-9-21-12-17)10-13-6-4-7-14(18)15(13)19/h4,6-7,20H,5,8-12H2,1-3H3. The lowest BCUT2D eigenvalue weighted by atomic mass is 9.76. The van der Waals surface area contributed by atoms with Crippen molar-refractivity contribution in [2.45, 2.75) is 45.6 Å². The maximum atomic E-state index is 14.2. The van der Waals surface area contributed by atoms with Crippen LogP contribution in [0.4, 0.5) is 4.39 Å². The first-order chi connectivity index (χ1) is 9.81. The molecule has 1 fully saturated rings. The SMILES string of the molecule is CC(C)(C)NCC1(Cc2cccc(Cl)c2F)CCCOC1. The second kappa shape index (κ2) is 6.64. The summed E-state index contributed by atoms with van der Waals surface area (Å²) in [5.74, 6) is -0.292. The average molecular weight is 314 g/mol. The van der Waals surface area contributed by atoms with Crippen molar-refractivity contribution in [1.82, 2.24) is 5.32 Å². The van der Waals surface area contributed by atoms with E-state index in [9.17, 15) is 4.39 Å². The lowest BCUT2D eigenvalue weighted by Crippen LogP contribution is -2.48. The predicted octanol–water partition coefficient (Wildman–Crippen LogP) is 4.21. The van der Waals surface area contributed by atoms with Crippen molar-refractivity contribution in [2.75, 3.05) is 19.8 Å². The topological polar surface area (TPSA) is 21.3 Å². The average Bonchev–Trinajstić information content (AvgIpc) is 2.42. The Morgan fingerprint density at radius 2 is 2.14 bits per heavy atom. The number of hydrogen-bond donors (Lipinski definition) is 1. The third-order valence-electron chi connectivity index (χ3n) is 3.99. The largest absolute Gasteiger partial charge is 0.381 e. The summed E-state index contributed by atoms with van der Waals surface area (Å²) in [5, 5.41) is 3.75. The molecule has 21 heavy (non-hydrogen) atoms. The molecule has 0 amide bonds. The van der Waals surface area contributed by atoms with Gasteiger partial charge in [-0.05, 0) is 51.7 Å². The van der Waals surface area contributed by atoms with Gasteiger partial charge in [-0.25, -0.2) is 4.39 Å². The van der Waals surface area contributed by atoms with Gasteiger partial charge in [-0.3, -0.25) is 0 Å². The Kier molecular flexibility index (Phi) is 5.29. The van der Waals surface area contributed by atoms with Gasteiger partial charge in [-0.2, -0.15) is 0 Å². The molecule has 4 heteroatoms. The molecule has 1 N–H and O–H groups in total. The molecule has 0 spiro atoms. The van der Waals surface area contributed by atoms with Crippen molar-refractivity contribution in [1.29, 1.82) is 0 Å². The second-order valence-electron chi connectivity index (χ2n) is 7.15. The Bertz CT molecular complexity index is 478. The van der Waals surface area contributed by atoms with Crippen LogP contribution in [-0.4, -0.2) is 25.3 Å². The van der Waals surface area contributed by atoms with E-state index in [4.69, 9.17) is 16.3 Å². The van der Waals surface area contributed by atoms with Gasteiger partial charge in [0, 0.05) is 24.1 Å². The Balaban J connectivity index is 2.17. The van der Waals surface area contributed by atoms with Crippen LogP contribution in [0.2, 0.25) is 5.02 Å². The normalized spacial score (nSPS) is 23.3. The highest BCUT2D eigenvalue weighted by atomic mass is 35.5. The zero-order valence-corrected chi connectivity index (χ0v) is 13.9. The molecular formula is C17H25ClFNO. The molecule has 0 aromatic heterocycles. The number of hydrogen-bond acceptors (Lipinski definition) is 2. The third kappa shape index (κ3) is 4.67. The molecule has 1 atom stereocenters. The van der Waals surface area contributed by atoms with Gasteiger partial charge in [0.2, 0.25) is 0 Å². The molecule has 0 radical (unpaired) electrons. The summed E-state index contributed by atoms with van der Waals surface area (Å²) in [6.07, 6.45) is 2.72. The third-order valence-corrected chi connectivity index (χ3v) is 4.29. The minimum atomic E-state index is -0.292. The van der Waals surface area contributed by atoms with Crippen LogP contribution in [0.1, 0.15) is 39.2 Å². The molecular weight excluding hydrogens is 289 g/mol. The van der Waals surface area contributed by atoms with Crippen LogP contribution in [0.15, 0.2) is 18.2 Å². The van der Waals surface area contributed by atoms with Crippen LogP contribution in [-0.2, 0) is 11.2 Å². The zero-order valence-electron chi connectivity index (χ0n) is 13.1. The van der Waals surface area contributed by atoms with Crippen LogP contribution in [0.5, 0.6) is 0 Å². The van der Waals surface area contributed by atoms with Gasteiger partial charge >= 0.3 is 0 Å². The Hall–Kier alpha value is -0.640. The molecule has 118 valence electrons. The van der Waals surface area contributed by atoms with E-state index in [1.807, 2.05) is 12.1 Å². The minimum Gasteiger partial charge on any atom is -0.381 e. The molecule has 1 unspecified atom stereocenters. The number of nitrogens with one attached hydrogen (secondary N) is 1. The Morgan fingerprint density at radius 1 is 1.38 bits per heavy atom. The van der Waals surface area contributed by atoms with E-state index in [0.29, 0.717) is 18.6 Å². The molecule has 1 aromatic rings. The van der Waals surface area contributed by atoms with E-state index in [-0.39, 0.29) is 21.8 Å². The summed E-state index contributed by atoms with van der Waals surface area (Å²) in [6, 6.07) is 5.24. The first-order valence-corrected chi connectivity index (χ1v) is 7.95. The predicted molar refractivity (Wildman–Crippen MR) is 85.4 cm³/mol. The van der Waals surface area contributed by atoms with Crippen LogP contribution < -0.4 is 5.32 Å². The number of ether oxygens (including phenoxy) is 1. The highest BCUT2D eigenvalue weighted by Gasteiger charge is 2.35. The molecule has 0 bridgehead atoms. The molecule has 1 heterocycles. The van der Waals surface area contributed by atoms with Crippen molar-refractivity contribution in [2.24, 2.45) is 5.41 Å². The first kappa shape index (κ1) is 16.7. The zero-order chi connectivity index (χ0) is 15.5. The summed E-state index contributed by atoms with van der Waals surface area (Å²) in [5.41, 5.74) is 0.665. The second-order valence-corrected chi connectivity index (χ2v) is 7.56. The molecule has 1 aromatic carbocycles. The molecule has 0 saturated carbocycles. The van der Waals surface area contributed by atoms with Gasteiger partial charge in [-0.1, -0.05) is 23.7 Å². The monoisotopic (exact) mass is 313 g/mol. The van der Waals surface area contributed by atoms with Crippen LogP contribution >= 0.6 is 11.6 Å². The Morgan fingerprint density at radius 3 is 2.76 bits per heavy atom. The summed E-state index contributed by atoms with van der Waals surface area (Å²) < 4.78 is 19.9. The lowest BCUT2D eigenvalue weighted by molar-refractivity contribution is -0.0103. The summed E-state index contributed by atoms with van der Waals surface area (Å²) in [6.45, 7) is 8.72. The van der Waals surface area contributed by atoms with E-state index in [1.165, 1.54) is 0 Å². The van der Waals surface area contributed by atoms with Gasteiger partial charge in [0.25, 0.3) is 0 Å². The smallest absolute Gasteiger partial charge is 0.144 e. The summed E-state index contributed by atoms with van der Waals surface area (Å²) in [7, 11) is 0. The van der Waals surface area contributed by atoms with E-state index < -0.39 is 0 Å². The fourth-order valence-corrected chi connectivity index (χ4v) is 2.99. The molecule has 0 aliphatic carbocycles. The number of halogens is 2. The fraction of sp³-hybridized carbons (Fsp3) is 0.647. The maximum Gasteiger partial charge on any atom is 0.144 e. The summed E-state index contributed by atoms with van der Waals surface area (Å²) in [4.78, 5) is 0. The van der Waals surface area contributed by atoms with Crippen molar-refractivity contribution >= 4 is 11.6 Å². The summed E-state index contributed by atoms with van der Waals surface area (Å²) >= 11 is 5.90. The van der Waals surface area contributed by atoms with Crippen LogP contribution in [0.25, 0.3) is 0 Å². The highest BCUT2D eigenvalue weighted by Crippen LogP contribution is 2.34. The Labute approximate surface area is 132 Å². The first-order valence-electron chi connectivity index (χ1n) is 7.57. The van der Waals surface area contributed by atoms with E-state index in [1.54, 1.807) is 6.07 Å². The fourth-order valence-electron chi connectivity index (χ4n) is 2.79. The molecule has 1 aliphatic heterocycles. The maximum absolute atomic E-state index is 14.2. The van der Waals surface area contributed by atoms with Gasteiger partial charge in [0.05, 0.1) is 11.6 Å². The molecule has 1 aliphatic rings. The van der Waals surface area contributed by atoms with E-state index >= 15 is 0 Å². The quantitative estimate of drug-likeness (QED) is 0.899. The highest BCUT2D eigenvalue weighted by molar-refractivity contribution is 6.30. The van der Waals surface area contributed by atoms with E-state index in [2.05, 4.69) is 26.1 Å². The van der Waals surface area contributed by atoms with E-state index in [0.717, 1.165) is 26.0 Å². The minimum absolute atomic E-state index is 0.0390. The molecule has 2 rings (SSSR count). The van der Waals surface area contributed by atoms with Gasteiger partial charge in [0.15, 0.2) is 0 Å². The number of rotatable bonds is 4. The number of benzene rings is 1. The van der Waals surface area contributed by atoms with Crippen molar-refractivity contribution in [3.8, 4) is 0 Å².